The Morgan fingerprint density at radius 3 is 2.78 bits per heavy atom. The van der Waals surface area contributed by atoms with Crippen molar-refractivity contribution in [1.29, 1.82) is 5.26 Å². The number of nitrogens with zero attached hydrogens (tertiary/aromatic N) is 2. The van der Waals surface area contributed by atoms with E-state index in [0.717, 1.165) is 45.1 Å². The van der Waals surface area contributed by atoms with Crippen LogP contribution in [-0.4, -0.2) is 38.3 Å². The molecule has 0 amide bonds. The van der Waals surface area contributed by atoms with E-state index in [1.807, 2.05) is 13.8 Å². The van der Waals surface area contributed by atoms with Crippen LogP contribution >= 0.6 is 0 Å². The quantitative estimate of drug-likeness (QED) is 0.653. The van der Waals surface area contributed by atoms with Gasteiger partial charge in [0.15, 0.2) is 0 Å². The van der Waals surface area contributed by atoms with Crippen molar-refractivity contribution in [2.45, 2.75) is 46.0 Å². The molecule has 0 bridgehead atoms. The average molecular weight is 252 g/mol. The van der Waals surface area contributed by atoms with Crippen LogP contribution in [0.2, 0.25) is 0 Å². The molecular formula is C15H28N2O. The first kappa shape index (κ1) is 15.5. The van der Waals surface area contributed by atoms with Crippen LogP contribution in [0.5, 0.6) is 0 Å². The van der Waals surface area contributed by atoms with Crippen molar-refractivity contribution in [1.82, 2.24) is 4.90 Å². The molecule has 1 aliphatic heterocycles. The number of hydrogen-bond donors (Lipinski definition) is 0. The third kappa shape index (κ3) is 6.37. The second-order valence-electron chi connectivity index (χ2n) is 6.30. The summed E-state index contributed by atoms with van der Waals surface area (Å²) in [5.74, 6) is 0.722. The molecule has 0 N–H and O–H groups in total. The van der Waals surface area contributed by atoms with E-state index >= 15 is 0 Å². The largest absolute Gasteiger partial charge is 0.381 e. The Kier molecular flexibility index (Phi) is 6.67. The highest BCUT2D eigenvalue weighted by molar-refractivity contribution is 4.91. The van der Waals surface area contributed by atoms with Crippen LogP contribution in [0.1, 0.15) is 46.0 Å². The first-order valence-electron chi connectivity index (χ1n) is 7.21. The zero-order valence-corrected chi connectivity index (χ0v) is 12.2. The molecule has 0 aliphatic carbocycles. The first-order chi connectivity index (χ1) is 8.53. The van der Waals surface area contributed by atoms with Gasteiger partial charge in [-0.1, -0.05) is 6.42 Å². The van der Waals surface area contributed by atoms with E-state index in [1.165, 1.54) is 19.3 Å². The van der Waals surface area contributed by atoms with Gasteiger partial charge in [-0.2, -0.15) is 5.26 Å². The summed E-state index contributed by atoms with van der Waals surface area (Å²) in [6.45, 7) is 8.22. The molecule has 0 spiro atoms. The lowest BCUT2D eigenvalue weighted by Gasteiger charge is -2.27. The van der Waals surface area contributed by atoms with Gasteiger partial charge in [0.05, 0.1) is 18.1 Å². The number of nitriles is 1. The summed E-state index contributed by atoms with van der Waals surface area (Å²) in [7, 11) is 2.20. The van der Waals surface area contributed by atoms with Crippen LogP contribution in [0.15, 0.2) is 0 Å². The molecule has 1 atom stereocenters. The Bertz CT molecular complexity index is 264. The summed E-state index contributed by atoms with van der Waals surface area (Å²) in [5.41, 5.74) is -0.157. The van der Waals surface area contributed by atoms with Crippen LogP contribution in [-0.2, 0) is 4.74 Å². The van der Waals surface area contributed by atoms with Crippen molar-refractivity contribution in [3.8, 4) is 6.07 Å². The molecule has 0 saturated carbocycles. The van der Waals surface area contributed by atoms with Gasteiger partial charge in [-0.15, -0.1) is 0 Å². The van der Waals surface area contributed by atoms with Crippen molar-refractivity contribution >= 4 is 0 Å². The van der Waals surface area contributed by atoms with Gasteiger partial charge in [0.25, 0.3) is 0 Å². The second-order valence-corrected chi connectivity index (χ2v) is 6.30. The van der Waals surface area contributed by atoms with Crippen molar-refractivity contribution < 1.29 is 4.74 Å². The lowest BCUT2D eigenvalue weighted by molar-refractivity contribution is 0.0418. The molecule has 104 valence electrons. The van der Waals surface area contributed by atoms with Gasteiger partial charge in [0, 0.05) is 13.2 Å². The number of rotatable bonds is 7. The molecular weight excluding hydrogens is 224 g/mol. The van der Waals surface area contributed by atoms with E-state index in [1.54, 1.807) is 0 Å². The van der Waals surface area contributed by atoms with Crippen LogP contribution < -0.4 is 0 Å². The monoisotopic (exact) mass is 252 g/mol. The predicted octanol–water partition coefficient (Wildman–Crippen LogP) is 3.06. The molecule has 0 aromatic rings. The highest BCUT2D eigenvalue weighted by Gasteiger charge is 2.17. The zero-order valence-electron chi connectivity index (χ0n) is 12.2. The van der Waals surface area contributed by atoms with Gasteiger partial charge in [-0.05, 0) is 59.0 Å². The zero-order chi connectivity index (χ0) is 13.4. The fourth-order valence-corrected chi connectivity index (χ4v) is 2.49. The number of unbranched alkanes of at least 4 members (excludes halogenated alkanes) is 1. The van der Waals surface area contributed by atoms with E-state index < -0.39 is 0 Å². The highest BCUT2D eigenvalue weighted by atomic mass is 16.5. The van der Waals surface area contributed by atoms with Gasteiger partial charge in [-0.25, -0.2) is 0 Å². The molecule has 18 heavy (non-hydrogen) atoms. The minimum absolute atomic E-state index is 0.157. The van der Waals surface area contributed by atoms with Crippen LogP contribution in [0, 0.1) is 22.7 Å². The third-order valence-corrected chi connectivity index (χ3v) is 3.72. The Balaban J connectivity index is 2.06. The van der Waals surface area contributed by atoms with Crippen LogP contribution in [0.3, 0.4) is 0 Å². The molecule has 0 aromatic carbocycles. The highest BCUT2D eigenvalue weighted by Crippen LogP contribution is 2.21. The maximum atomic E-state index is 8.94. The predicted molar refractivity (Wildman–Crippen MR) is 74.3 cm³/mol. The van der Waals surface area contributed by atoms with Gasteiger partial charge in [-0.3, -0.25) is 0 Å². The molecule has 0 radical (unpaired) electrons. The van der Waals surface area contributed by atoms with Gasteiger partial charge >= 0.3 is 0 Å². The number of hydrogen-bond acceptors (Lipinski definition) is 3. The van der Waals surface area contributed by atoms with E-state index in [9.17, 15) is 0 Å². The minimum Gasteiger partial charge on any atom is -0.381 e. The second kappa shape index (κ2) is 7.76. The summed E-state index contributed by atoms with van der Waals surface area (Å²) in [6, 6.07) is 2.36. The Labute approximate surface area is 112 Å². The fraction of sp³-hybridized carbons (Fsp3) is 0.933. The first-order valence-corrected chi connectivity index (χ1v) is 7.21. The fourth-order valence-electron chi connectivity index (χ4n) is 2.49. The molecule has 1 unspecified atom stereocenters. The molecule has 3 heteroatoms. The van der Waals surface area contributed by atoms with Crippen molar-refractivity contribution in [3.63, 3.8) is 0 Å². The SMILES string of the molecule is CN(CCCCC(C)(C)C#N)CC1CCCOC1. The molecule has 1 rings (SSSR count). The van der Waals surface area contributed by atoms with Crippen LogP contribution in [0.25, 0.3) is 0 Å². The lowest BCUT2D eigenvalue weighted by atomic mass is 9.89. The standard InChI is InChI=1S/C15H28N2O/c1-15(2,13-16)8-4-5-9-17(3)11-14-7-6-10-18-12-14/h14H,4-12H2,1-3H3. The van der Waals surface area contributed by atoms with Crippen molar-refractivity contribution in [2.24, 2.45) is 11.3 Å². The van der Waals surface area contributed by atoms with Crippen LogP contribution in [0.4, 0.5) is 0 Å². The average Bonchev–Trinajstić information content (AvgIpc) is 2.36. The number of ether oxygens (including phenoxy) is 1. The Morgan fingerprint density at radius 2 is 2.17 bits per heavy atom. The molecule has 1 fully saturated rings. The summed E-state index contributed by atoms with van der Waals surface area (Å²) in [4.78, 5) is 2.42. The smallest absolute Gasteiger partial charge is 0.0683 e. The topological polar surface area (TPSA) is 36.3 Å². The maximum absolute atomic E-state index is 8.94. The summed E-state index contributed by atoms with van der Waals surface area (Å²) >= 11 is 0. The Hall–Kier alpha value is -0.590. The van der Waals surface area contributed by atoms with Gasteiger partial charge < -0.3 is 9.64 Å². The summed E-state index contributed by atoms with van der Waals surface area (Å²) in [6.07, 6.45) is 5.87. The minimum atomic E-state index is -0.157. The molecule has 1 aliphatic rings. The molecule has 1 heterocycles. The summed E-state index contributed by atoms with van der Waals surface area (Å²) < 4.78 is 5.51. The maximum Gasteiger partial charge on any atom is 0.0683 e. The van der Waals surface area contributed by atoms with Gasteiger partial charge in [0.2, 0.25) is 0 Å². The third-order valence-electron chi connectivity index (χ3n) is 3.72. The van der Waals surface area contributed by atoms with Crippen molar-refractivity contribution in [2.75, 3.05) is 33.4 Å². The molecule has 1 saturated heterocycles. The van der Waals surface area contributed by atoms with Crippen molar-refractivity contribution in [3.05, 3.63) is 0 Å². The lowest BCUT2D eigenvalue weighted by Crippen LogP contribution is -2.31. The van der Waals surface area contributed by atoms with E-state index in [2.05, 4.69) is 18.0 Å². The molecule has 0 aromatic heterocycles. The van der Waals surface area contributed by atoms with E-state index in [4.69, 9.17) is 10.00 Å². The van der Waals surface area contributed by atoms with E-state index in [0.29, 0.717) is 0 Å². The Morgan fingerprint density at radius 1 is 1.39 bits per heavy atom. The normalized spacial score (nSPS) is 20.9. The van der Waals surface area contributed by atoms with Gasteiger partial charge in [0.1, 0.15) is 0 Å². The summed E-state index contributed by atoms with van der Waals surface area (Å²) in [5, 5.41) is 8.94. The molecule has 3 nitrogen and oxygen atoms in total. The van der Waals surface area contributed by atoms with E-state index in [-0.39, 0.29) is 5.41 Å².